The molecule has 170 valence electrons. The van der Waals surface area contributed by atoms with Gasteiger partial charge < -0.3 is 18.9 Å². The van der Waals surface area contributed by atoms with Crippen LogP contribution in [0.2, 0.25) is 0 Å². The zero-order valence-electron chi connectivity index (χ0n) is 19.5. The highest BCUT2D eigenvalue weighted by molar-refractivity contribution is 6.04. The topological polar surface area (TPSA) is 62.7 Å². The predicted molar refractivity (Wildman–Crippen MR) is 134 cm³/mol. The Hall–Kier alpha value is -4.32. The van der Waals surface area contributed by atoms with Gasteiger partial charge in [-0.25, -0.2) is 9.97 Å². The molecule has 0 N–H and O–H groups in total. The number of methoxy groups -OCH3 is 4. The van der Waals surface area contributed by atoms with Gasteiger partial charge in [0.05, 0.1) is 62.0 Å². The fourth-order valence-corrected chi connectivity index (χ4v) is 4.25. The van der Waals surface area contributed by atoms with Gasteiger partial charge in [-0.05, 0) is 36.4 Å². The lowest BCUT2D eigenvalue weighted by Crippen LogP contribution is -1.97. The Morgan fingerprint density at radius 3 is 1.09 bits per heavy atom. The third kappa shape index (κ3) is 3.53. The lowest BCUT2D eigenvalue weighted by Gasteiger charge is -2.14. The van der Waals surface area contributed by atoms with Crippen molar-refractivity contribution < 1.29 is 18.9 Å². The number of aromatic nitrogens is 2. The molecule has 0 fully saturated rings. The second kappa shape index (κ2) is 8.90. The maximum atomic E-state index is 5.61. The van der Waals surface area contributed by atoms with Crippen LogP contribution in [-0.2, 0) is 0 Å². The molecule has 0 atom stereocenters. The van der Waals surface area contributed by atoms with Gasteiger partial charge in [-0.2, -0.15) is 0 Å². The zero-order chi connectivity index (χ0) is 23.7. The van der Waals surface area contributed by atoms with Gasteiger partial charge in [0.15, 0.2) is 0 Å². The summed E-state index contributed by atoms with van der Waals surface area (Å²) in [7, 11) is 6.57. The van der Waals surface area contributed by atoms with E-state index in [1.165, 1.54) is 0 Å². The van der Waals surface area contributed by atoms with Gasteiger partial charge in [0, 0.05) is 10.8 Å². The van der Waals surface area contributed by atoms with Crippen LogP contribution in [0.3, 0.4) is 0 Å². The molecule has 34 heavy (non-hydrogen) atoms. The van der Waals surface area contributed by atoms with Crippen molar-refractivity contribution in [3.63, 3.8) is 0 Å². The van der Waals surface area contributed by atoms with Crippen molar-refractivity contribution in [3.8, 4) is 45.5 Å². The maximum Gasteiger partial charge on any atom is 0.132 e. The molecule has 5 rings (SSSR count). The van der Waals surface area contributed by atoms with Gasteiger partial charge >= 0.3 is 0 Å². The average molecular weight is 453 g/mol. The normalized spacial score (nSPS) is 10.9. The summed E-state index contributed by atoms with van der Waals surface area (Å²) in [6.07, 6.45) is 0. The minimum Gasteiger partial charge on any atom is -0.496 e. The smallest absolute Gasteiger partial charge is 0.132 e. The summed E-state index contributed by atoms with van der Waals surface area (Å²) in [6, 6.07) is 23.5. The Kier molecular flexibility index (Phi) is 5.64. The molecule has 6 nitrogen and oxygen atoms in total. The van der Waals surface area contributed by atoms with Crippen LogP contribution < -0.4 is 18.9 Å². The van der Waals surface area contributed by atoms with Crippen molar-refractivity contribution in [3.05, 3.63) is 72.8 Å². The Balaban J connectivity index is 1.78. The number of pyridine rings is 2. The Bertz CT molecular complexity index is 1360. The number of hydrogen-bond donors (Lipinski definition) is 0. The summed E-state index contributed by atoms with van der Waals surface area (Å²) in [6.45, 7) is 0. The Morgan fingerprint density at radius 1 is 0.441 bits per heavy atom. The van der Waals surface area contributed by atoms with E-state index in [1.807, 2.05) is 60.7 Å². The molecule has 0 spiro atoms. The van der Waals surface area contributed by atoms with E-state index in [2.05, 4.69) is 12.1 Å². The van der Waals surface area contributed by atoms with Crippen molar-refractivity contribution in [2.45, 2.75) is 0 Å². The number of rotatable bonds is 6. The van der Waals surface area contributed by atoms with Crippen LogP contribution in [0.25, 0.3) is 44.3 Å². The molecule has 2 aromatic heterocycles. The number of nitrogens with zero attached hydrogens (tertiary/aromatic N) is 2. The monoisotopic (exact) mass is 452 g/mol. The lowest BCUT2D eigenvalue weighted by molar-refractivity contribution is 0.397. The third-order valence-corrected chi connectivity index (χ3v) is 5.89. The standard InChI is InChI=1S/C28H24N2O4/c1-31-21-7-5-8-22(32-2)25(21)19-15-13-17-11-12-18-14-16-20(30-28(18)27(17)29-19)26-23(33-3)9-6-10-24(26)34-4/h5-16H,1-4H3. The summed E-state index contributed by atoms with van der Waals surface area (Å²) in [5.74, 6) is 2.77. The van der Waals surface area contributed by atoms with E-state index < -0.39 is 0 Å². The van der Waals surface area contributed by atoms with E-state index in [0.29, 0.717) is 23.0 Å². The van der Waals surface area contributed by atoms with E-state index in [4.69, 9.17) is 28.9 Å². The molecule has 0 radical (unpaired) electrons. The van der Waals surface area contributed by atoms with Gasteiger partial charge in [0.2, 0.25) is 0 Å². The number of fused-ring (bicyclic) bond motifs is 3. The first-order chi connectivity index (χ1) is 16.7. The quantitative estimate of drug-likeness (QED) is 0.288. The predicted octanol–water partition coefficient (Wildman–Crippen LogP) is 6.15. The van der Waals surface area contributed by atoms with Gasteiger partial charge in [-0.15, -0.1) is 0 Å². The molecule has 0 saturated heterocycles. The highest BCUT2D eigenvalue weighted by Gasteiger charge is 2.17. The minimum atomic E-state index is 0.693. The molecule has 0 unspecified atom stereocenters. The summed E-state index contributed by atoms with van der Waals surface area (Å²) >= 11 is 0. The van der Waals surface area contributed by atoms with Gasteiger partial charge in [0.1, 0.15) is 23.0 Å². The molecule has 3 aromatic carbocycles. The van der Waals surface area contributed by atoms with E-state index in [9.17, 15) is 0 Å². The highest BCUT2D eigenvalue weighted by Crippen LogP contribution is 2.40. The molecule has 0 saturated carbocycles. The molecular weight excluding hydrogens is 428 g/mol. The van der Waals surface area contributed by atoms with Crippen LogP contribution >= 0.6 is 0 Å². The first-order valence-electron chi connectivity index (χ1n) is 10.8. The summed E-state index contributed by atoms with van der Waals surface area (Å²) in [5, 5.41) is 1.98. The van der Waals surface area contributed by atoms with Crippen LogP contribution in [0.5, 0.6) is 23.0 Å². The first-order valence-corrected chi connectivity index (χ1v) is 10.8. The van der Waals surface area contributed by atoms with Crippen molar-refractivity contribution >= 4 is 21.8 Å². The lowest BCUT2D eigenvalue weighted by atomic mass is 10.0. The van der Waals surface area contributed by atoms with E-state index >= 15 is 0 Å². The van der Waals surface area contributed by atoms with E-state index in [0.717, 1.165) is 44.3 Å². The molecule has 2 heterocycles. The van der Waals surface area contributed by atoms with Crippen LogP contribution in [0, 0.1) is 0 Å². The van der Waals surface area contributed by atoms with Gasteiger partial charge in [-0.1, -0.05) is 36.4 Å². The Labute approximate surface area is 197 Å². The fraction of sp³-hybridized carbons (Fsp3) is 0.143. The largest absolute Gasteiger partial charge is 0.496 e. The van der Waals surface area contributed by atoms with Crippen molar-refractivity contribution in [2.75, 3.05) is 28.4 Å². The van der Waals surface area contributed by atoms with Gasteiger partial charge in [-0.3, -0.25) is 0 Å². The van der Waals surface area contributed by atoms with E-state index in [1.54, 1.807) is 28.4 Å². The molecule has 5 aromatic rings. The maximum absolute atomic E-state index is 5.61. The van der Waals surface area contributed by atoms with Crippen LogP contribution in [-0.4, -0.2) is 38.4 Å². The molecule has 0 amide bonds. The van der Waals surface area contributed by atoms with E-state index in [-0.39, 0.29) is 0 Å². The van der Waals surface area contributed by atoms with Crippen molar-refractivity contribution in [1.29, 1.82) is 0 Å². The molecule has 6 heteroatoms. The average Bonchev–Trinajstić information content (AvgIpc) is 2.91. The zero-order valence-corrected chi connectivity index (χ0v) is 19.5. The highest BCUT2D eigenvalue weighted by atomic mass is 16.5. The number of hydrogen-bond acceptors (Lipinski definition) is 6. The van der Waals surface area contributed by atoms with Crippen LogP contribution in [0.1, 0.15) is 0 Å². The van der Waals surface area contributed by atoms with Crippen molar-refractivity contribution in [1.82, 2.24) is 9.97 Å². The summed E-state index contributed by atoms with van der Waals surface area (Å²) in [5.41, 5.74) is 4.67. The van der Waals surface area contributed by atoms with Gasteiger partial charge in [0.25, 0.3) is 0 Å². The second-order valence-electron chi connectivity index (χ2n) is 7.68. The molecule has 0 aliphatic heterocycles. The molecule has 0 bridgehead atoms. The third-order valence-electron chi connectivity index (χ3n) is 5.89. The Morgan fingerprint density at radius 2 is 0.765 bits per heavy atom. The molecule has 0 aliphatic rings. The minimum absolute atomic E-state index is 0.693. The molecular formula is C28H24N2O4. The van der Waals surface area contributed by atoms with Crippen LogP contribution in [0.15, 0.2) is 72.8 Å². The summed E-state index contributed by atoms with van der Waals surface area (Å²) in [4.78, 5) is 10.1. The van der Waals surface area contributed by atoms with Crippen LogP contribution in [0.4, 0.5) is 0 Å². The number of benzene rings is 3. The fourth-order valence-electron chi connectivity index (χ4n) is 4.25. The molecule has 0 aliphatic carbocycles. The number of ether oxygens (including phenoxy) is 4. The first kappa shape index (κ1) is 21.5. The SMILES string of the molecule is COc1cccc(OC)c1-c1ccc2ccc3ccc(-c4c(OC)cccc4OC)nc3c2n1. The van der Waals surface area contributed by atoms with Crippen molar-refractivity contribution in [2.24, 2.45) is 0 Å². The summed E-state index contributed by atoms with van der Waals surface area (Å²) < 4.78 is 22.4. The second-order valence-corrected chi connectivity index (χ2v) is 7.68.